The van der Waals surface area contributed by atoms with Crippen molar-refractivity contribution in [2.75, 3.05) is 18.5 Å². The zero-order valence-electron chi connectivity index (χ0n) is 9.71. The Kier molecular flexibility index (Phi) is 4.77. The van der Waals surface area contributed by atoms with Crippen LogP contribution in [0.5, 0.6) is 5.88 Å². The Bertz CT molecular complexity index is 440. The SMILES string of the molecule is C#CCOc1cc(NCCC)nc(C(F)(F)F)n1. The molecule has 0 aliphatic rings. The molecule has 0 aliphatic carbocycles. The van der Waals surface area contributed by atoms with Gasteiger partial charge in [-0.25, -0.2) is 4.98 Å². The van der Waals surface area contributed by atoms with E-state index in [0.717, 1.165) is 6.42 Å². The molecule has 98 valence electrons. The van der Waals surface area contributed by atoms with Crippen molar-refractivity contribution < 1.29 is 17.9 Å². The van der Waals surface area contributed by atoms with Gasteiger partial charge in [-0.05, 0) is 6.42 Å². The third-order valence-corrected chi connectivity index (χ3v) is 1.82. The van der Waals surface area contributed by atoms with E-state index in [-0.39, 0.29) is 18.3 Å². The highest BCUT2D eigenvalue weighted by Crippen LogP contribution is 2.28. The predicted octanol–water partition coefficient (Wildman–Crippen LogP) is 2.33. The Balaban J connectivity index is 3.00. The van der Waals surface area contributed by atoms with E-state index >= 15 is 0 Å². The summed E-state index contributed by atoms with van der Waals surface area (Å²) in [6.45, 7) is 2.24. The van der Waals surface area contributed by atoms with E-state index in [1.807, 2.05) is 6.92 Å². The van der Waals surface area contributed by atoms with E-state index in [2.05, 4.69) is 21.2 Å². The molecule has 1 N–H and O–H groups in total. The first-order chi connectivity index (χ1) is 8.47. The van der Waals surface area contributed by atoms with Gasteiger partial charge in [0.15, 0.2) is 6.61 Å². The number of nitrogens with zero attached hydrogens (tertiary/aromatic N) is 2. The average molecular weight is 259 g/mol. The lowest BCUT2D eigenvalue weighted by Crippen LogP contribution is -2.14. The molecule has 18 heavy (non-hydrogen) atoms. The summed E-state index contributed by atoms with van der Waals surface area (Å²) in [4.78, 5) is 6.63. The number of hydrogen-bond donors (Lipinski definition) is 1. The fourth-order valence-electron chi connectivity index (χ4n) is 1.08. The number of hydrogen-bond acceptors (Lipinski definition) is 4. The van der Waals surface area contributed by atoms with Crippen molar-refractivity contribution in [1.29, 1.82) is 0 Å². The largest absolute Gasteiger partial charge is 0.464 e. The van der Waals surface area contributed by atoms with Crippen LogP contribution in [-0.2, 0) is 6.18 Å². The number of terminal acetylenes is 1. The smallest absolute Gasteiger partial charge is 0.451 e. The van der Waals surface area contributed by atoms with Gasteiger partial charge in [-0.3, -0.25) is 0 Å². The molecule has 1 aromatic heterocycles. The van der Waals surface area contributed by atoms with Gasteiger partial charge in [-0.1, -0.05) is 12.8 Å². The van der Waals surface area contributed by atoms with Gasteiger partial charge in [0.25, 0.3) is 0 Å². The molecule has 0 saturated heterocycles. The van der Waals surface area contributed by atoms with Crippen molar-refractivity contribution in [3.63, 3.8) is 0 Å². The quantitative estimate of drug-likeness (QED) is 0.824. The molecule has 0 spiro atoms. The highest BCUT2D eigenvalue weighted by Gasteiger charge is 2.35. The number of alkyl halides is 3. The van der Waals surface area contributed by atoms with Crippen molar-refractivity contribution in [3.05, 3.63) is 11.9 Å². The van der Waals surface area contributed by atoms with Gasteiger partial charge in [0.2, 0.25) is 11.7 Å². The van der Waals surface area contributed by atoms with E-state index in [1.165, 1.54) is 6.07 Å². The Morgan fingerprint density at radius 1 is 1.44 bits per heavy atom. The molecule has 0 radical (unpaired) electrons. The lowest BCUT2D eigenvalue weighted by molar-refractivity contribution is -0.145. The first-order valence-electron chi connectivity index (χ1n) is 5.23. The number of halogens is 3. The maximum atomic E-state index is 12.5. The molecule has 0 fully saturated rings. The molecule has 1 aromatic rings. The zero-order valence-corrected chi connectivity index (χ0v) is 9.71. The molecule has 4 nitrogen and oxygen atoms in total. The van der Waals surface area contributed by atoms with Gasteiger partial charge < -0.3 is 10.1 Å². The fraction of sp³-hybridized carbons (Fsp3) is 0.455. The Morgan fingerprint density at radius 2 is 2.17 bits per heavy atom. The summed E-state index contributed by atoms with van der Waals surface area (Å²) in [5, 5.41) is 2.74. The Hall–Kier alpha value is -1.97. The topological polar surface area (TPSA) is 47.0 Å². The van der Waals surface area contributed by atoms with Crippen molar-refractivity contribution in [3.8, 4) is 18.2 Å². The highest BCUT2D eigenvalue weighted by molar-refractivity contribution is 5.38. The molecular weight excluding hydrogens is 247 g/mol. The molecule has 0 bridgehead atoms. The van der Waals surface area contributed by atoms with Crippen LogP contribution in [0.25, 0.3) is 0 Å². The van der Waals surface area contributed by atoms with Gasteiger partial charge in [-0.2, -0.15) is 18.2 Å². The summed E-state index contributed by atoms with van der Waals surface area (Å²) in [7, 11) is 0. The summed E-state index contributed by atoms with van der Waals surface area (Å²) in [5.74, 6) is 0.760. The molecule has 0 saturated carbocycles. The summed E-state index contributed by atoms with van der Waals surface area (Å²) in [6, 6.07) is 1.28. The summed E-state index contributed by atoms with van der Waals surface area (Å²) < 4.78 is 42.5. The predicted molar refractivity (Wildman–Crippen MR) is 60.1 cm³/mol. The van der Waals surface area contributed by atoms with Gasteiger partial charge in [0, 0.05) is 12.6 Å². The van der Waals surface area contributed by atoms with E-state index < -0.39 is 12.0 Å². The van der Waals surface area contributed by atoms with Crippen LogP contribution in [0.1, 0.15) is 19.2 Å². The Morgan fingerprint density at radius 3 is 2.72 bits per heavy atom. The van der Waals surface area contributed by atoms with Crippen LogP contribution in [0.3, 0.4) is 0 Å². The van der Waals surface area contributed by atoms with Gasteiger partial charge in [0.1, 0.15) is 5.82 Å². The van der Waals surface area contributed by atoms with Crippen molar-refractivity contribution in [2.45, 2.75) is 19.5 Å². The third kappa shape index (κ3) is 4.13. The molecule has 7 heteroatoms. The highest BCUT2D eigenvalue weighted by atomic mass is 19.4. The first kappa shape index (κ1) is 14.1. The molecule has 1 rings (SSSR count). The minimum atomic E-state index is -4.63. The minimum absolute atomic E-state index is 0.0613. The molecule has 0 unspecified atom stereocenters. The van der Waals surface area contributed by atoms with Gasteiger partial charge in [0.05, 0.1) is 0 Å². The number of nitrogens with one attached hydrogen (secondary N) is 1. The van der Waals surface area contributed by atoms with Gasteiger partial charge >= 0.3 is 6.18 Å². The minimum Gasteiger partial charge on any atom is -0.464 e. The van der Waals surface area contributed by atoms with Gasteiger partial charge in [-0.15, -0.1) is 6.42 Å². The number of aromatic nitrogens is 2. The lowest BCUT2D eigenvalue weighted by Gasteiger charge is -2.10. The van der Waals surface area contributed by atoms with Crippen molar-refractivity contribution in [2.24, 2.45) is 0 Å². The monoisotopic (exact) mass is 259 g/mol. The second kappa shape index (κ2) is 6.10. The first-order valence-corrected chi connectivity index (χ1v) is 5.23. The van der Waals surface area contributed by atoms with Crippen LogP contribution in [-0.4, -0.2) is 23.1 Å². The summed E-state index contributed by atoms with van der Waals surface area (Å²) >= 11 is 0. The van der Waals surface area contributed by atoms with Crippen LogP contribution in [0.15, 0.2) is 6.07 Å². The van der Waals surface area contributed by atoms with Crippen LogP contribution in [0.2, 0.25) is 0 Å². The number of anilines is 1. The molecule has 0 aliphatic heterocycles. The molecular formula is C11H12F3N3O. The summed E-state index contributed by atoms with van der Waals surface area (Å²) in [6.07, 6.45) is 1.09. The number of ether oxygens (including phenoxy) is 1. The van der Waals surface area contributed by atoms with Crippen LogP contribution < -0.4 is 10.1 Å². The van der Waals surface area contributed by atoms with Crippen LogP contribution in [0.4, 0.5) is 19.0 Å². The summed E-state index contributed by atoms with van der Waals surface area (Å²) in [5.41, 5.74) is 0. The zero-order chi connectivity index (χ0) is 13.6. The van der Waals surface area contributed by atoms with E-state index in [9.17, 15) is 13.2 Å². The number of rotatable bonds is 5. The lowest BCUT2D eigenvalue weighted by atomic mass is 10.4. The van der Waals surface area contributed by atoms with Crippen LogP contribution in [0, 0.1) is 12.3 Å². The molecule has 1 heterocycles. The maximum absolute atomic E-state index is 12.5. The fourth-order valence-corrected chi connectivity index (χ4v) is 1.08. The van der Waals surface area contributed by atoms with E-state index in [4.69, 9.17) is 11.2 Å². The molecule has 0 amide bonds. The van der Waals surface area contributed by atoms with E-state index in [0.29, 0.717) is 6.54 Å². The average Bonchev–Trinajstić information content (AvgIpc) is 2.32. The van der Waals surface area contributed by atoms with Crippen molar-refractivity contribution >= 4 is 5.82 Å². The standard InChI is InChI=1S/C11H12F3N3O/c1-3-5-15-8-7-9(18-6-4-2)17-10(16-8)11(12,13)14/h2,7H,3,5-6H2,1H3,(H,15,16,17). The third-order valence-electron chi connectivity index (χ3n) is 1.82. The Labute approximate surface area is 103 Å². The molecule has 0 atom stereocenters. The maximum Gasteiger partial charge on any atom is 0.451 e. The normalized spacial score (nSPS) is 10.8. The second-order valence-electron chi connectivity index (χ2n) is 3.33. The van der Waals surface area contributed by atoms with E-state index in [1.54, 1.807) is 0 Å². The van der Waals surface area contributed by atoms with Crippen LogP contribution >= 0.6 is 0 Å². The van der Waals surface area contributed by atoms with Crippen molar-refractivity contribution in [1.82, 2.24) is 9.97 Å². The molecule has 0 aromatic carbocycles. The second-order valence-corrected chi connectivity index (χ2v) is 3.33.